The van der Waals surface area contributed by atoms with Crippen molar-refractivity contribution < 1.29 is 37.8 Å². The van der Waals surface area contributed by atoms with Crippen molar-refractivity contribution in [3.05, 3.63) is 10.6 Å². The second-order valence-corrected chi connectivity index (χ2v) is 10.9. The molecule has 4 aliphatic heterocycles. The number of hydrogen-bond donors (Lipinski definition) is 4. The lowest BCUT2D eigenvalue weighted by atomic mass is 9.78. The third-order valence-corrected chi connectivity index (χ3v) is 8.81. The monoisotopic (exact) mass is 531 g/mol. The van der Waals surface area contributed by atoms with Crippen LogP contribution in [-0.4, -0.2) is 107 Å². The normalized spacial score (nSPS) is 33.0. The maximum atomic E-state index is 13.0. The average molecular weight is 532 g/mol. The number of carbonyl (C=O) groups is 4. The summed E-state index contributed by atoms with van der Waals surface area (Å²) in [7, 11) is 0. The van der Waals surface area contributed by atoms with Crippen LogP contribution in [0, 0.1) is 11.8 Å². The van der Waals surface area contributed by atoms with E-state index in [1.165, 1.54) is 23.6 Å². The summed E-state index contributed by atoms with van der Waals surface area (Å²) in [6.07, 6.45) is -2.91. The number of ether oxygens (including phenoxy) is 1. The van der Waals surface area contributed by atoms with Gasteiger partial charge in [-0.3, -0.25) is 14.4 Å². The Bertz CT molecular complexity index is 967. The number of nitrogens with one attached hydrogen (secondary N) is 2. The van der Waals surface area contributed by atoms with Gasteiger partial charge in [0.25, 0.3) is 5.91 Å². The Balaban J connectivity index is 1.42. The van der Waals surface area contributed by atoms with E-state index in [4.69, 9.17) is 10.5 Å². The zero-order chi connectivity index (χ0) is 26.3. The zero-order valence-electron chi connectivity index (χ0n) is 20.0. The number of aliphatic carboxylic acids is 1. The standard InChI is InChI=1S/C22H31F2N5O6S/c1-9-15-14(10(2)27-19(30)18(23)24)21(32)29(15)16(22(33)34)17(9)36-12-5-13(26-7-12)20(31)28-3-4-35-11(6-25)8-28/h9-15,18,26H,3-8,25H2,1-2H3,(H,27,30)(H,33,34)/t9-,10-,11-,12+,13+,14-,15-/m1/s1. The third kappa shape index (κ3) is 4.83. The summed E-state index contributed by atoms with van der Waals surface area (Å²) in [6.45, 7) is 5.41. The molecule has 11 nitrogen and oxygen atoms in total. The summed E-state index contributed by atoms with van der Waals surface area (Å²) in [5.41, 5.74) is 5.56. The van der Waals surface area contributed by atoms with E-state index in [1.807, 2.05) is 0 Å². The van der Waals surface area contributed by atoms with E-state index in [0.717, 1.165) is 0 Å². The van der Waals surface area contributed by atoms with Crippen molar-refractivity contribution in [2.45, 2.75) is 56.2 Å². The lowest BCUT2D eigenvalue weighted by molar-refractivity contribution is -0.159. The third-order valence-electron chi connectivity index (χ3n) is 7.29. The van der Waals surface area contributed by atoms with Crippen LogP contribution >= 0.6 is 11.8 Å². The number of β-lactam (4-membered cyclic amide) rings is 1. The number of carboxylic acids is 1. The summed E-state index contributed by atoms with van der Waals surface area (Å²) < 4.78 is 30.9. The maximum Gasteiger partial charge on any atom is 0.353 e. The van der Waals surface area contributed by atoms with Crippen LogP contribution in [0.25, 0.3) is 0 Å². The van der Waals surface area contributed by atoms with Crippen LogP contribution in [0.1, 0.15) is 20.3 Å². The highest BCUT2D eigenvalue weighted by atomic mass is 32.2. The van der Waals surface area contributed by atoms with Gasteiger partial charge in [0.1, 0.15) is 5.70 Å². The number of rotatable bonds is 8. The number of hydrogen-bond acceptors (Lipinski definition) is 8. The number of morpholine rings is 1. The second kappa shape index (κ2) is 10.6. The van der Waals surface area contributed by atoms with Crippen LogP contribution in [0.2, 0.25) is 0 Å². The molecule has 4 rings (SSSR count). The first-order chi connectivity index (χ1) is 17.0. The van der Waals surface area contributed by atoms with E-state index in [-0.39, 0.29) is 28.9 Å². The molecule has 3 saturated heterocycles. The van der Waals surface area contributed by atoms with Gasteiger partial charge in [-0.15, -0.1) is 11.8 Å². The molecule has 3 fully saturated rings. The highest BCUT2D eigenvalue weighted by molar-refractivity contribution is 8.03. The van der Waals surface area contributed by atoms with Crippen molar-refractivity contribution in [1.82, 2.24) is 20.4 Å². The largest absolute Gasteiger partial charge is 0.477 e. The Hall–Kier alpha value is -2.29. The topological polar surface area (TPSA) is 154 Å². The molecule has 4 heterocycles. The van der Waals surface area contributed by atoms with Crippen LogP contribution in [0.5, 0.6) is 0 Å². The number of carboxylic acid groups (broad SMARTS) is 1. The minimum atomic E-state index is -3.21. The Morgan fingerprint density at radius 3 is 2.72 bits per heavy atom. The molecule has 5 N–H and O–H groups in total. The number of alkyl halides is 2. The molecule has 200 valence electrons. The highest BCUT2D eigenvalue weighted by Crippen LogP contribution is 2.51. The average Bonchev–Trinajstić information content (AvgIpc) is 3.40. The number of carbonyl (C=O) groups excluding carboxylic acids is 3. The summed E-state index contributed by atoms with van der Waals surface area (Å²) >= 11 is 1.33. The summed E-state index contributed by atoms with van der Waals surface area (Å²) in [4.78, 5) is 52.9. The van der Waals surface area contributed by atoms with Gasteiger partial charge in [0.05, 0.1) is 30.7 Å². The lowest BCUT2D eigenvalue weighted by Gasteiger charge is -2.47. The van der Waals surface area contributed by atoms with Gasteiger partial charge in [-0.25, -0.2) is 4.79 Å². The van der Waals surface area contributed by atoms with Crippen molar-refractivity contribution in [2.24, 2.45) is 17.6 Å². The van der Waals surface area contributed by atoms with Gasteiger partial charge in [-0.05, 0) is 13.3 Å². The SMILES string of the molecule is C[C@@H](NC(=O)C(F)F)[C@H]1C(=O)N2C(C(=O)O)=C(S[C@@H]3CN[C@H](C(=O)N4CCO[C@H](CN)C4)C3)[C@H](C)[C@H]12. The van der Waals surface area contributed by atoms with Gasteiger partial charge >= 0.3 is 12.4 Å². The molecule has 0 aromatic rings. The molecule has 4 aliphatic rings. The molecule has 0 unspecified atom stereocenters. The molecule has 0 radical (unpaired) electrons. The van der Waals surface area contributed by atoms with E-state index in [2.05, 4.69) is 10.6 Å². The molecule has 3 amide bonds. The van der Waals surface area contributed by atoms with Crippen molar-refractivity contribution in [3.8, 4) is 0 Å². The van der Waals surface area contributed by atoms with Crippen LogP contribution < -0.4 is 16.4 Å². The van der Waals surface area contributed by atoms with Crippen molar-refractivity contribution >= 4 is 35.5 Å². The molecular formula is C22H31F2N5O6S. The molecule has 36 heavy (non-hydrogen) atoms. The number of amides is 3. The number of thioether (sulfide) groups is 1. The predicted octanol–water partition coefficient (Wildman–Crippen LogP) is -0.821. The quantitative estimate of drug-likeness (QED) is 0.294. The Labute approximate surface area is 211 Å². The van der Waals surface area contributed by atoms with Crippen LogP contribution in [0.15, 0.2) is 10.6 Å². The Morgan fingerprint density at radius 2 is 2.08 bits per heavy atom. The molecule has 0 saturated carbocycles. The minimum Gasteiger partial charge on any atom is -0.477 e. The van der Waals surface area contributed by atoms with E-state index >= 15 is 0 Å². The summed E-state index contributed by atoms with van der Waals surface area (Å²) in [5, 5.41) is 15.2. The molecule has 0 aromatic carbocycles. The second-order valence-electron chi connectivity index (χ2n) is 9.58. The molecular weight excluding hydrogens is 500 g/mol. The predicted molar refractivity (Wildman–Crippen MR) is 125 cm³/mol. The number of nitrogens with two attached hydrogens (primary N) is 1. The van der Waals surface area contributed by atoms with E-state index in [1.54, 1.807) is 11.8 Å². The molecule has 0 spiro atoms. The van der Waals surface area contributed by atoms with Crippen molar-refractivity contribution in [3.63, 3.8) is 0 Å². The van der Waals surface area contributed by atoms with Gasteiger partial charge in [-0.1, -0.05) is 6.92 Å². The highest BCUT2D eigenvalue weighted by Gasteiger charge is 2.60. The van der Waals surface area contributed by atoms with Gasteiger partial charge in [0, 0.05) is 48.3 Å². The van der Waals surface area contributed by atoms with Crippen molar-refractivity contribution in [2.75, 3.05) is 32.8 Å². The molecule has 7 atom stereocenters. The fourth-order valence-corrected chi connectivity index (χ4v) is 7.00. The van der Waals surface area contributed by atoms with Crippen LogP contribution in [0.4, 0.5) is 8.78 Å². The molecule has 0 bridgehead atoms. The molecule has 14 heteroatoms. The number of nitrogens with zero attached hydrogens (tertiary/aromatic N) is 2. The molecule has 0 aromatic heterocycles. The maximum absolute atomic E-state index is 13.0. The first kappa shape index (κ1) is 26.8. The first-order valence-corrected chi connectivity index (χ1v) is 12.8. The summed E-state index contributed by atoms with van der Waals surface area (Å²) in [5.74, 6) is -4.44. The zero-order valence-corrected chi connectivity index (χ0v) is 20.8. The smallest absolute Gasteiger partial charge is 0.353 e. The summed E-state index contributed by atoms with van der Waals surface area (Å²) in [6, 6.07) is -1.84. The van der Waals surface area contributed by atoms with E-state index in [0.29, 0.717) is 44.1 Å². The van der Waals surface area contributed by atoms with E-state index in [9.17, 15) is 33.1 Å². The van der Waals surface area contributed by atoms with Crippen LogP contribution in [-0.2, 0) is 23.9 Å². The fourth-order valence-electron chi connectivity index (χ4n) is 5.52. The van der Waals surface area contributed by atoms with Gasteiger partial charge < -0.3 is 36.0 Å². The van der Waals surface area contributed by atoms with Crippen molar-refractivity contribution in [1.29, 1.82) is 0 Å². The lowest BCUT2D eigenvalue weighted by Crippen LogP contribution is -2.66. The Morgan fingerprint density at radius 1 is 1.36 bits per heavy atom. The van der Waals surface area contributed by atoms with Gasteiger partial charge in [-0.2, -0.15) is 8.78 Å². The van der Waals surface area contributed by atoms with Gasteiger partial charge in [0.2, 0.25) is 11.8 Å². The Kier molecular flexibility index (Phi) is 7.88. The van der Waals surface area contributed by atoms with Gasteiger partial charge in [0.15, 0.2) is 0 Å². The first-order valence-electron chi connectivity index (χ1n) is 11.9. The minimum absolute atomic E-state index is 0.0468. The number of fused-ring (bicyclic) bond motifs is 1. The van der Waals surface area contributed by atoms with Crippen LogP contribution in [0.3, 0.4) is 0 Å². The molecule has 0 aliphatic carbocycles. The fraction of sp³-hybridized carbons (Fsp3) is 0.727. The van der Waals surface area contributed by atoms with E-state index < -0.39 is 48.3 Å². The number of halogens is 2.